The number of amides is 3. The first kappa shape index (κ1) is 25.2. The molecular weight excluding hydrogens is 486 g/mol. The van der Waals surface area contributed by atoms with Gasteiger partial charge < -0.3 is 9.84 Å². The van der Waals surface area contributed by atoms with Crippen LogP contribution in [-0.2, 0) is 9.53 Å². The number of nitrogens with zero attached hydrogens (tertiary/aromatic N) is 2. The third-order valence-corrected chi connectivity index (χ3v) is 6.86. The van der Waals surface area contributed by atoms with Crippen LogP contribution in [0.2, 0.25) is 0 Å². The molecule has 0 bridgehead atoms. The second kappa shape index (κ2) is 10.9. The normalized spacial score (nSPS) is 13.9. The zero-order valence-corrected chi connectivity index (χ0v) is 20.6. The predicted molar refractivity (Wildman–Crippen MR) is 138 cm³/mol. The van der Waals surface area contributed by atoms with Crippen LogP contribution >= 0.6 is 0 Å². The molecule has 9 heteroatoms. The number of carboxylic acid groups (broad SMARTS) is 1. The van der Waals surface area contributed by atoms with Crippen molar-refractivity contribution in [2.75, 3.05) is 26.2 Å². The first-order valence-electron chi connectivity index (χ1n) is 12.5. The van der Waals surface area contributed by atoms with Crippen LogP contribution in [0, 0.1) is 0 Å². The number of carbonyl (C=O) groups excluding carboxylic acids is 3. The summed E-state index contributed by atoms with van der Waals surface area (Å²) in [6, 6.07) is 22.7. The van der Waals surface area contributed by atoms with Crippen LogP contribution in [0.3, 0.4) is 0 Å². The quantitative estimate of drug-likeness (QED) is 0.240. The molecule has 0 saturated carbocycles. The molecule has 3 aromatic rings. The Labute approximate surface area is 219 Å². The van der Waals surface area contributed by atoms with E-state index < -0.39 is 18.6 Å². The Hall–Kier alpha value is -4.50. The second-order valence-corrected chi connectivity index (χ2v) is 9.27. The fraction of sp³-hybridized carbons (Fsp3) is 0.241. The summed E-state index contributed by atoms with van der Waals surface area (Å²) in [7, 11) is 0. The van der Waals surface area contributed by atoms with Gasteiger partial charge >= 0.3 is 12.1 Å². The molecule has 2 aliphatic rings. The van der Waals surface area contributed by atoms with Crippen molar-refractivity contribution < 1.29 is 29.0 Å². The summed E-state index contributed by atoms with van der Waals surface area (Å²) in [5.74, 6) is -1.88. The van der Waals surface area contributed by atoms with Crippen molar-refractivity contribution in [2.24, 2.45) is 0 Å². The number of hydrazine groups is 1. The van der Waals surface area contributed by atoms with Crippen molar-refractivity contribution in [3.8, 4) is 11.1 Å². The number of benzene rings is 3. The molecule has 0 unspecified atom stereocenters. The topological polar surface area (TPSA) is 116 Å². The average Bonchev–Trinajstić information content (AvgIpc) is 3.36. The molecule has 194 valence electrons. The second-order valence-electron chi connectivity index (χ2n) is 9.27. The molecule has 0 fully saturated rings. The number of hydrogen-bond donors (Lipinski definition) is 2. The molecule has 0 spiro atoms. The summed E-state index contributed by atoms with van der Waals surface area (Å²) in [6.45, 7) is 0.107. The number of ether oxygens (including phenoxy) is 1. The van der Waals surface area contributed by atoms with Crippen LogP contribution in [0.4, 0.5) is 4.79 Å². The van der Waals surface area contributed by atoms with Crippen LogP contribution in [0.5, 0.6) is 0 Å². The highest BCUT2D eigenvalue weighted by molar-refractivity contribution is 6.21. The van der Waals surface area contributed by atoms with Gasteiger partial charge in [-0.1, -0.05) is 60.7 Å². The zero-order valence-electron chi connectivity index (χ0n) is 20.6. The first-order valence-corrected chi connectivity index (χ1v) is 12.5. The lowest BCUT2D eigenvalue weighted by atomic mass is 9.98. The van der Waals surface area contributed by atoms with Crippen molar-refractivity contribution in [3.63, 3.8) is 0 Å². The third-order valence-electron chi connectivity index (χ3n) is 6.86. The third kappa shape index (κ3) is 5.01. The van der Waals surface area contributed by atoms with Crippen LogP contribution in [0.15, 0.2) is 72.8 Å². The smallest absolute Gasteiger partial charge is 0.421 e. The Bertz CT molecular complexity index is 1320. The van der Waals surface area contributed by atoms with Gasteiger partial charge in [0.05, 0.1) is 11.1 Å². The molecule has 3 aromatic carbocycles. The number of unbranched alkanes of at least 4 members (excludes halogenated alkanes) is 1. The number of nitrogens with one attached hydrogen (secondary N) is 1. The summed E-state index contributed by atoms with van der Waals surface area (Å²) in [4.78, 5) is 50.2. The van der Waals surface area contributed by atoms with E-state index >= 15 is 0 Å². The van der Waals surface area contributed by atoms with Gasteiger partial charge in [-0.3, -0.25) is 24.7 Å². The first-order chi connectivity index (χ1) is 18.4. The molecular formula is C29H27N3O6. The van der Waals surface area contributed by atoms with Gasteiger partial charge in [-0.25, -0.2) is 9.80 Å². The molecule has 5 rings (SSSR count). The summed E-state index contributed by atoms with van der Waals surface area (Å²) < 4.78 is 5.52. The Morgan fingerprint density at radius 2 is 1.34 bits per heavy atom. The fourth-order valence-electron chi connectivity index (χ4n) is 5.11. The van der Waals surface area contributed by atoms with E-state index in [9.17, 15) is 24.3 Å². The largest absolute Gasteiger partial charge is 0.480 e. The van der Waals surface area contributed by atoms with Crippen LogP contribution < -0.4 is 5.43 Å². The minimum atomic E-state index is -1.11. The molecule has 9 nitrogen and oxygen atoms in total. The maximum atomic E-state index is 12.6. The van der Waals surface area contributed by atoms with Crippen molar-refractivity contribution in [3.05, 3.63) is 95.1 Å². The highest BCUT2D eigenvalue weighted by Crippen LogP contribution is 2.44. The van der Waals surface area contributed by atoms with Crippen molar-refractivity contribution in [2.45, 2.75) is 18.8 Å². The van der Waals surface area contributed by atoms with E-state index in [0.29, 0.717) is 24.0 Å². The monoisotopic (exact) mass is 513 g/mol. The van der Waals surface area contributed by atoms with Crippen molar-refractivity contribution in [1.82, 2.24) is 15.3 Å². The number of imide groups is 1. The molecule has 0 aromatic heterocycles. The minimum Gasteiger partial charge on any atom is -0.480 e. The lowest BCUT2D eigenvalue weighted by Crippen LogP contribution is -2.46. The number of rotatable bonds is 10. The predicted octanol–water partition coefficient (Wildman–Crippen LogP) is 3.90. The van der Waals surface area contributed by atoms with E-state index in [0.717, 1.165) is 22.3 Å². The molecule has 3 amide bonds. The van der Waals surface area contributed by atoms with Crippen molar-refractivity contribution >= 4 is 23.9 Å². The van der Waals surface area contributed by atoms with Crippen molar-refractivity contribution in [1.29, 1.82) is 0 Å². The minimum absolute atomic E-state index is 0.110. The van der Waals surface area contributed by atoms with Gasteiger partial charge in [-0.15, -0.1) is 0 Å². The molecule has 1 aliphatic carbocycles. The fourth-order valence-corrected chi connectivity index (χ4v) is 5.11. The SMILES string of the molecule is O=C(O)CN(CCCCN1C(=O)c2ccccc2C1=O)NC(=O)OCC1c2ccccc2-c2ccccc21. The Kier molecular flexibility index (Phi) is 7.19. The average molecular weight is 514 g/mol. The maximum Gasteiger partial charge on any atom is 0.421 e. The Morgan fingerprint density at radius 1 is 0.816 bits per heavy atom. The highest BCUT2D eigenvalue weighted by atomic mass is 16.6. The summed E-state index contributed by atoms with van der Waals surface area (Å²) in [6.07, 6.45) is 0.159. The van der Waals surface area contributed by atoms with Gasteiger partial charge in [-0.05, 0) is 47.2 Å². The summed E-state index contributed by atoms with van der Waals surface area (Å²) >= 11 is 0. The van der Waals surface area contributed by atoms with Gasteiger partial charge in [0.2, 0.25) is 0 Å². The van der Waals surface area contributed by atoms with E-state index in [4.69, 9.17) is 4.74 Å². The number of carbonyl (C=O) groups is 4. The van der Waals surface area contributed by atoms with E-state index in [1.54, 1.807) is 24.3 Å². The van der Waals surface area contributed by atoms with Gasteiger partial charge in [0.15, 0.2) is 0 Å². The molecule has 0 saturated heterocycles. The molecule has 0 radical (unpaired) electrons. The molecule has 1 heterocycles. The molecule has 1 aliphatic heterocycles. The van der Waals surface area contributed by atoms with E-state index in [1.807, 2.05) is 48.5 Å². The van der Waals surface area contributed by atoms with Gasteiger partial charge in [-0.2, -0.15) is 0 Å². The van der Waals surface area contributed by atoms with Crippen LogP contribution in [-0.4, -0.2) is 65.1 Å². The van der Waals surface area contributed by atoms with Gasteiger partial charge in [0.25, 0.3) is 11.8 Å². The standard InChI is InChI=1S/C29H27N3O6/c33-26(34)17-31(15-7-8-16-32-27(35)23-13-5-6-14-24(23)28(32)36)30-29(37)38-18-25-21-11-3-1-9-19(21)20-10-2-4-12-22(20)25/h1-6,9-14,25H,7-8,15-18H2,(H,30,37)(H,33,34). The highest BCUT2D eigenvalue weighted by Gasteiger charge is 2.34. The summed E-state index contributed by atoms with van der Waals surface area (Å²) in [5, 5.41) is 10.6. The van der Waals surface area contributed by atoms with Crippen LogP contribution in [0.25, 0.3) is 11.1 Å². The lowest BCUT2D eigenvalue weighted by molar-refractivity contribution is -0.138. The lowest BCUT2D eigenvalue weighted by Gasteiger charge is -2.22. The molecule has 2 N–H and O–H groups in total. The van der Waals surface area contributed by atoms with E-state index in [2.05, 4.69) is 5.43 Å². The molecule has 0 atom stereocenters. The maximum absolute atomic E-state index is 12.6. The van der Waals surface area contributed by atoms with E-state index in [1.165, 1.54) is 9.91 Å². The van der Waals surface area contributed by atoms with Crippen LogP contribution in [0.1, 0.15) is 50.6 Å². The molecule has 38 heavy (non-hydrogen) atoms. The summed E-state index contributed by atoms with van der Waals surface area (Å²) in [5.41, 5.74) is 7.69. The van der Waals surface area contributed by atoms with E-state index in [-0.39, 0.29) is 37.4 Å². The van der Waals surface area contributed by atoms with Gasteiger partial charge in [0.1, 0.15) is 13.2 Å². The Balaban J connectivity index is 1.13. The Morgan fingerprint density at radius 3 is 1.89 bits per heavy atom. The number of fused-ring (bicyclic) bond motifs is 4. The number of hydrogen-bond acceptors (Lipinski definition) is 6. The zero-order chi connectivity index (χ0) is 26.6. The number of carboxylic acids is 1. The van der Waals surface area contributed by atoms with Gasteiger partial charge in [0, 0.05) is 19.0 Å². The number of aliphatic carboxylic acids is 1.